The Balaban J connectivity index is 1.95. The lowest BCUT2D eigenvalue weighted by Crippen LogP contribution is -2.42. The highest BCUT2D eigenvalue weighted by Crippen LogP contribution is 2.37. The van der Waals surface area contributed by atoms with Gasteiger partial charge in [0.15, 0.2) is 0 Å². The first-order chi connectivity index (χ1) is 7.78. The predicted molar refractivity (Wildman–Crippen MR) is 76.5 cm³/mol. The van der Waals surface area contributed by atoms with Gasteiger partial charge in [0, 0.05) is 27.3 Å². The van der Waals surface area contributed by atoms with E-state index in [9.17, 15) is 0 Å². The van der Waals surface area contributed by atoms with Crippen molar-refractivity contribution in [3.05, 3.63) is 20.8 Å². The summed E-state index contributed by atoms with van der Waals surface area (Å²) in [6, 6.07) is 2.59. The third kappa shape index (κ3) is 3.31. The highest BCUT2D eigenvalue weighted by molar-refractivity contribution is 9.10. The summed E-state index contributed by atoms with van der Waals surface area (Å²) in [5.41, 5.74) is -0.102. The van der Waals surface area contributed by atoms with E-state index in [1.807, 2.05) is 0 Å². The maximum atomic E-state index is 6.07. The summed E-state index contributed by atoms with van der Waals surface area (Å²) in [7, 11) is 0. The van der Waals surface area contributed by atoms with Crippen LogP contribution in [0.1, 0.15) is 39.0 Å². The molecule has 1 aliphatic heterocycles. The van der Waals surface area contributed by atoms with E-state index in [4.69, 9.17) is 4.74 Å². The zero-order chi connectivity index (χ0) is 12.7. The Morgan fingerprint density at radius 2 is 2.18 bits per heavy atom. The molecule has 1 aliphatic rings. The molecule has 0 spiro atoms. The zero-order valence-corrected chi connectivity index (χ0v) is 13.2. The van der Waals surface area contributed by atoms with Crippen molar-refractivity contribution in [1.29, 1.82) is 0 Å². The van der Waals surface area contributed by atoms with Crippen LogP contribution in [0.4, 0.5) is 0 Å². The van der Waals surface area contributed by atoms with Crippen molar-refractivity contribution >= 4 is 27.3 Å². The molecule has 1 atom stereocenters. The van der Waals surface area contributed by atoms with Crippen LogP contribution < -0.4 is 5.32 Å². The number of hydrogen-bond donors (Lipinski definition) is 1. The van der Waals surface area contributed by atoms with E-state index in [2.05, 4.69) is 60.4 Å². The van der Waals surface area contributed by atoms with Crippen LogP contribution in [0.15, 0.2) is 15.9 Å². The highest BCUT2D eigenvalue weighted by atomic mass is 79.9. The van der Waals surface area contributed by atoms with Gasteiger partial charge in [0.25, 0.3) is 0 Å². The summed E-state index contributed by atoms with van der Waals surface area (Å²) in [5, 5.41) is 5.74. The molecule has 96 valence electrons. The topological polar surface area (TPSA) is 21.3 Å². The van der Waals surface area contributed by atoms with Gasteiger partial charge in [-0.1, -0.05) is 0 Å². The monoisotopic (exact) mass is 317 g/mol. The molecular formula is C13H20BrNOS. The molecule has 2 nitrogen and oxygen atoms in total. The van der Waals surface area contributed by atoms with Crippen LogP contribution in [0, 0.1) is 0 Å². The number of thiophene rings is 1. The molecule has 1 unspecified atom stereocenters. The van der Waals surface area contributed by atoms with Crippen molar-refractivity contribution in [2.24, 2.45) is 0 Å². The smallest absolute Gasteiger partial charge is 0.0787 e. The molecule has 1 aromatic rings. The van der Waals surface area contributed by atoms with Gasteiger partial charge in [-0.3, -0.25) is 0 Å². The van der Waals surface area contributed by atoms with Crippen LogP contribution in [0.3, 0.4) is 0 Å². The summed E-state index contributed by atoms with van der Waals surface area (Å²) in [6.07, 6.45) is 1.06. The van der Waals surface area contributed by atoms with E-state index in [0.717, 1.165) is 13.0 Å². The normalized spacial score (nSPS) is 26.3. The fourth-order valence-electron chi connectivity index (χ4n) is 2.55. The quantitative estimate of drug-likeness (QED) is 0.911. The van der Waals surface area contributed by atoms with Gasteiger partial charge >= 0.3 is 0 Å². The Hall–Kier alpha value is 0.1000. The lowest BCUT2D eigenvalue weighted by atomic mass is 9.94. The van der Waals surface area contributed by atoms with Gasteiger partial charge in [-0.05, 0) is 56.1 Å². The molecule has 1 aromatic heterocycles. The first-order valence-corrected chi connectivity index (χ1v) is 7.62. The zero-order valence-electron chi connectivity index (χ0n) is 10.8. The fourth-order valence-corrected chi connectivity index (χ4v) is 3.95. The van der Waals surface area contributed by atoms with E-state index in [1.54, 1.807) is 11.3 Å². The number of ether oxygens (including phenoxy) is 1. The van der Waals surface area contributed by atoms with Gasteiger partial charge in [-0.15, -0.1) is 11.3 Å². The molecule has 2 heterocycles. The van der Waals surface area contributed by atoms with Gasteiger partial charge in [0.2, 0.25) is 0 Å². The van der Waals surface area contributed by atoms with Gasteiger partial charge in [0.1, 0.15) is 0 Å². The lowest BCUT2D eigenvalue weighted by Gasteiger charge is -2.27. The summed E-state index contributed by atoms with van der Waals surface area (Å²) >= 11 is 5.27. The van der Waals surface area contributed by atoms with E-state index >= 15 is 0 Å². The second-order valence-corrected chi connectivity index (χ2v) is 7.75. The molecule has 1 fully saturated rings. The molecule has 1 N–H and O–H groups in total. The minimum Gasteiger partial charge on any atom is -0.368 e. The van der Waals surface area contributed by atoms with Crippen molar-refractivity contribution in [2.45, 2.75) is 57.9 Å². The van der Waals surface area contributed by atoms with Crippen LogP contribution >= 0.6 is 27.3 Å². The molecule has 0 bridgehead atoms. The fraction of sp³-hybridized carbons (Fsp3) is 0.692. The van der Waals surface area contributed by atoms with Gasteiger partial charge < -0.3 is 10.1 Å². The van der Waals surface area contributed by atoms with Crippen LogP contribution in [0.5, 0.6) is 0 Å². The van der Waals surface area contributed by atoms with E-state index in [-0.39, 0.29) is 11.2 Å². The maximum absolute atomic E-state index is 6.07. The number of hydrogen-bond acceptors (Lipinski definition) is 3. The summed E-state index contributed by atoms with van der Waals surface area (Å²) in [6.45, 7) is 9.59. The second-order valence-electron chi connectivity index (χ2n) is 5.83. The van der Waals surface area contributed by atoms with Gasteiger partial charge in [-0.25, -0.2) is 0 Å². The summed E-state index contributed by atoms with van der Waals surface area (Å²) < 4.78 is 7.24. The Morgan fingerprint density at radius 1 is 1.47 bits per heavy atom. The third-order valence-corrected chi connectivity index (χ3v) is 4.92. The molecular weight excluding hydrogens is 298 g/mol. The first-order valence-electron chi connectivity index (χ1n) is 5.95. The molecule has 17 heavy (non-hydrogen) atoms. The molecule has 0 aliphatic carbocycles. The number of rotatable bonds is 3. The van der Waals surface area contributed by atoms with Crippen molar-refractivity contribution in [3.63, 3.8) is 0 Å². The summed E-state index contributed by atoms with van der Waals surface area (Å²) in [4.78, 5) is 1.36. The van der Waals surface area contributed by atoms with Crippen LogP contribution in [-0.4, -0.2) is 17.2 Å². The average Bonchev–Trinajstić information content (AvgIpc) is 2.64. The van der Waals surface area contributed by atoms with Crippen LogP contribution in [0.25, 0.3) is 0 Å². The summed E-state index contributed by atoms with van der Waals surface area (Å²) in [5.74, 6) is 0. The van der Waals surface area contributed by atoms with Gasteiger partial charge in [-0.2, -0.15) is 0 Å². The molecule has 1 saturated heterocycles. The minimum atomic E-state index is -0.0853. The Kier molecular flexibility index (Phi) is 3.70. The standard InChI is InChI=1S/C13H20BrNOS/c1-12(2)6-11(13(3,4)16-12)15-7-10-5-9(14)8-17-10/h5,8,11,15H,6-7H2,1-4H3. The van der Waals surface area contributed by atoms with E-state index in [1.165, 1.54) is 9.35 Å². The SMILES string of the molecule is CC1(C)CC(NCc2cc(Br)cs2)C(C)(C)O1. The van der Waals surface area contributed by atoms with E-state index in [0.29, 0.717) is 6.04 Å². The van der Waals surface area contributed by atoms with Crippen molar-refractivity contribution < 1.29 is 4.74 Å². The number of halogens is 1. The van der Waals surface area contributed by atoms with E-state index < -0.39 is 0 Å². The first kappa shape index (κ1) is 13.5. The number of nitrogens with one attached hydrogen (secondary N) is 1. The third-order valence-electron chi connectivity index (χ3n) is 3.22. The predicted octanol–water partition coefficient (Wildman–Crippen LogP) is 3.95. The second kappa shape index (κ2) is 4.65. The van der Waals surface area contributed by atoms with Crippen molar-refractivity contribution in [3.8, 4) is 0 Å². The van der Waals surface area contributed by atoms with Gasteiger partial charge in [0.05, 0.1) is 11.2 Å². The molecule has 4 heteroatoms. The molecule has 0 amide bonds. The van der Waals surface area contributed by atoms with Crippen LogP contribution in [0.2, 0.25) is 0 Å². The highest BCUT2D eigenvalue weighted by Gasteiger charge is 2.45. The Morgan fingerprint density at radius 3 is 2.65 bits per heavy atom. The largest absolute Gasteiger partial charge is 0.368 e. The maximum Gasteiger partial charge on any atom is 0.0787 e. The van der Waals surface area contributed by atoms with Crippen molar-refractivity contribution in [2.75, 3.05) is 0 Å². The Labute approximate surface area is 116 Å². The lowest BCUT2D eigenvalue weighted by molar-refractivity contribution is -0.0699. The average molecular weight is 318 g/mol. The Bertz CT molecular complexity index is 400. The molecule has 0 aromatic carbocycles. The van der Waals surface area contributed by atoms with Crippen LogP contribution in [-0.2, 0) is 11.3 Å². The minimum absolute atomic E-state index is 0.0167. The molecule has 2 rings (SSSR count). The van der Waals surface area contributed by atoms with Crippen molar-refractivity contribution in [1.82, 2.24) is 5.32 Å². The molecule has 0 saturated carbocycles. The molecule has 0 radical (unpaired) electrons.